The minimum atomic E-state index is -0.103. The molecule has 2 aliphatic rings. The van der Waals surface area contributed by atoms with Crippen LogP contribution in [0.2, 0.25) is 0 Å². The maximum Gasteiger partial charge on any atom is 0.249 e. The summed E-state index contributed by atoms with van der Waals surface area (Å²) in [6, 6.07) is 9.68. The number of nitrogens with zero attached hydrogens (tertiary/aromatic N) is 3. The summed E-state index contributed by atoms with van der Waals surface area (Å²) in [5, 5.41) is 7.40. The second-order valence-electron chi connectivity index (χ2n) is 7.00. The highest BCUT2D eigenvalue weighted by atomic mass is 16.5. The van der Waals surface area contributed by atoms with Crippen molar-refractivity contribution in [1.29, 1.82) is 0 Å². The van der Waals surface area contributed by atoms with E-state index < -0.39 is 0 Å². The first-order chi connectivity index (χ1) is 12.3. The van der Waals surface area contributed by atoms with Crippen molar-refractivity contribution in [3.63, 3.8) is 0 Å². The molecule has 1 atom stereocenters. The van der Waals surface area contributed by atoms with Crippen molar-refractivity contribution >= 4 is 5.91 Å². The summed E-state index contributed by atoms with van der Waals surface area (Å²) in [7, 11) is 0. The number of carbonyl (C=O) groups excluding carboxylic acids is 1. The Kier molecular flexibility index (Phi) is 4.78. The SMILES string of the molecule is O=C(CNCC1CC1)N1CCCCC1c1nc(-c2ccccc2)no1. The Balaban J connectivity index is 1.45. The minimum absolute atomic E-state index is 0.103. The van der Waals surface area contributed by atoms with Crippen LogP contribution in [0.25, 0.3) is 11.4 Å². The second-order valence-corrected chi connectivity index (χ2v) is 7.00. The predicted molar refractivity (Wildman–Crippen MR) is 93.6 cm³/mol. The summed E-state index contributed by atoms with van der Waals surface area (Å²) < 4.78 is 5.52. The topological polar surface area (TPSA) is 71.3 Å². The molecule has 2 fully saturated rings. The molecule has 1 aliphatic carbocycles. The summed E-state index contributed by atoms with van der Waals surface area (Å²) in [6.45, 7) is 2.10. The van der Waals surface area contributed by atoms with E-state index in [9.17, 15) is 4.79 Å². The van der Waals surface area contributed by atoms with Crippen molar-refractivity contribution in [2.75, 3.05) is 19.6 Å². The third kappa shape index (κ3) is 3.90. The molecule has 1 aliphatic heterocycles. The Morgan fingerprint density at radius 1 is 1.20 bits per heavy atom. The van der Waals surface area contributed by atoms with Crippen molar-refractivity contribution in [1.82, 2.24) is 20.4 Å². The molecular formula is C19H24N4O2. The van der Waals surface area contributed by atoms with Gasteiger partial charge in [0, 0.05) is 12.1 Å². The number of nitrogens with one attached hydrogen (secondary N) is 1. The molecule has 25 heavy (non-hydrogen) atoms. The van der Waals surface area contributed by atoms with Crippen LogP contribution in [0.5, 0.6) is 0 Å². The fourth-order valence-electron chi connectivity index (χ4n) is 3.37. The van der Waals surface area contributed by atoms with E-state index in [0.717, 1.165) is 43.8 Å². The second kappa shape index (κ2) is 7.35. The van der Waals surface area contributed by atoms with Gasteiger partial charge >= 0.3 is 0 Å². The molecule has 1 amide bonds. The number of carbonyl (C=O) groups is 1. The molecule has 0 radical (unpaired) electrons. The van der Waals surface area contributed by atoms with Gasteiger partial charge in [-0.25, -0.2) is 0 Å². The number of amides is 1. The van der Waals surface area contributed by atoms with Gasteiger partial charge in [0.25, 0.3) is 0 Å². The number of aromatic nitrogens is 2. The van der Waals surface area contributed by atoms with Crippen LogP contribution in [0.4, 0.5) is 0 Å². The Hall–Kier alpha value is -2.21. The van der Waals surface area contributed by atoms with E-state index in [4.69, 9.17) is 4.52 Å². The van der Waals surface area contributed by atoms with Crippen LogP contribution in [0.3, 0.4) is 0 Å². The molecule has 6 heteroatoms. The lowest BCUT2D eigenvalue weighted by Gasteiger charge is -2.33. The summed E-state index contributed by atoms with van der Waals surface area (Å²) in [4.78, 5) is 19.1. The third-order valence-electron chi connectivity index (χ3n) is 4.99. The highest BCUT2D eigenvalue weighted by Crippen LogP contribution is 2.31. The van der Waals surface area contributed by atoms with Crippen molar-refractivity contribution in [2.45, 2.75) is 38.1 Å². The van der Waals surface area contributed by atoms with Gasteiger partial charge in [-0.1, -0.05) is 35.5 Å². The Labute approximate surface area is 147 Å². The lowest BCUT2D eigenvalue weighted by Crippen LogP contribution is -2.43. The normalized spacial score (nSPS) is 20.6. The van der Waals surface area contributed by atoms with E-state index in [2.05, 4.69) is 15.5 Å². The molecule has 2 heterocycles. The largest absolute Gasteiger partial charge is 0.337 e. The van der Waals surface area contributed by atoms with E-state index in [1.807, 2.05) is 35.2 Å². The maximum atomic E-state index is 12.6. The number of piperidine rings is 1. The molecule has 0 spiro atoms. The van der Waals surface area contributed by atoms with Gasteiger partial charge in [-0.2, -0.15) is 4.98 Å². The molecular weight excluding hydrogens is 316 g/mol. The summed E-state index contributed by atoms with van der Waals surface area (Å²) >= 11 is 0. The first-order valence-electron chi connectivity index (χ1n) is 9.20. The van der Waals surface area contributed by atoms with E-state index >= 15 is 0 Å². The van der Waals surface area contributed by atoms with E-state index in [1.165, 1.54) is 12.8 Å². The molecule has 1 saturated heterocycles. The predicted octanol–water partition coefficient (Wildman–Crippen LogP) is 2.79. The van der Waals surface area contributed by atoms with Crippen LogP contribution in [-0.2, 0) is 4.79 Å². The fraction of sp³-hybridized carbons (Fsp3) is 0.526. The quantitative estimate of drug-likeness (QED) is 0.875. The monoisotopic (exact) mass is 340 g/mol. The molecule has 1 unspecified atom stereocenters. The zero-order chi connectivity index (χ0) is 17.1. The summed E-state index contributed by atoms with van der Waals surface area (Å²) in [5.74, 6) is 2.04. The molecule has 1 saturated carbocycles. The number of benzene rings is 1. The van der Waals surface area contributed by atoms with Crippen LogP contribution in [0.15, 0.2) is 34.9 Å². The number of rotatable bonds is 6. The molecule has 6 nitrogen and oxygen atoms in total. The fourth-order valence-corrected chi connectivity index (χ4v) is 3.37. The summed E-state index contributed by atoms with van der Waals surface area (Å²) in [6.07, 6.45) is 5.57. The van der Waals surface area contributed by atoms with Gasteiger partial charge in [-0.3, -0.25) is 4.79 Å². The van der Waals surface area contributed by atoms with Gasteiger partial charge in [0.1, 0.15) is 6.04 Å². The molecule has 1 aromatic heterocycles. The Morgan fingerprint density at radius 3 is 2.84 bits per heavy atom. The zero-order valence-electron chi connectivity index (χ0n) is 14.4. The van der Waals surface area contributed by atoms with Crippen molar-refractivity contribution < 1.29 is 9.32 Å². The van der Waals surface area contributed by atoms with Crippen LogP contribution < -0.4 is 5.32 Å². The average Bonchev–Trinajstić information content (AvgIpc) is 3.35. The first-order valence-corrected chi connectivity index (χ1v) is 9.20. The van der Waals surface area contributed by atoms with Crippen LogP contribution in [0, 0.1) is 5.92 Å². The third-order valence-corrected chi connectivity index (χ3v) is 4.99. The lowest BCUT2D eigenvalue weighted by molar-refractivity contribution is -0.134. The van der Waals surface area contributed by atoms with Gasteiger partial charge in [-0.05, 0) is 44.6 Å². The van der Waals surface area contributed by atoms with Gasteiger partial charge in [0.2, 0.25) is 17.6 Å². The smallest absolute Gasteiger partial charge is 0.249 e. The first kappa shape index (κ1) is 16.3. The number of hydrogen-bond donors (Lipinski definition) is 1. The van der Waals surface area contributed by atoms with E-state index in [1.54, 1.807) is 0 Å². The summed E-state index contributed by atoms with van der Waals surface area (Å²) in [5.41, 5.74) is 0.928. The highest BCUT2D eigenvalue weighted by molar-refractivity contribution is 5.78. The highest BCUT2D eigenvalue weighted by Gasteiger charge is 2.32. The standard InChI is InChI=1S/C19H24N4O2/c24-17(13-20-12-14-9-10-14)23-11-5-4-8-16(23)19-21-18(22-25-19)15-6-2-1-3-7-15/h1-3,6-7,14,16,20H,4-5,8-13H2. The van der Waals surface area contributed by atoms with Crippen molar-refractivity contribution in [2.24, 2.45) is 5.92 Å². The molecule has 2 aromatic rings. The van der Waals surface area contributed by atoms with Crippen LogP contribution in [0.1, 0.15) is 44.0 Å². The van der Waals surface area contributed by atoms with Crippen molar-refractivity contribution in [3.05, 3.63) is 36.2 Å². The Bertz CT molecular complexity index is 711. The van der Waals surface area contributed by atoms with E-state index in [-0.39, 0.29) is 11.9 Å². The minimum Gasteiger partial charge on any atom is -0.337 e. The van der Waals surface area contributed by atoms with Gasteiger partial charge in [0.15, 0.2) is 0 Å². The van der Waals surface area contributed by atoms with E-state index in [0.29, 0.717) is 18.3 Å². The average molecular weight is 340 g/mol. The van der Waals surface area contributed by atoms with Crippen LogP contribution in [-0.4, -0.2) is 40.6 Å². The Morgan fingerprint density at radius 2 is 2.04 bits per heavy atom. The lowest BCUT2D eigenvalue weighted by atomic mass is 10.0. The molecule has 4 rings (SSSR count). The molecule has 1 N–H and O–H groups in total. The molecule has 1 aromatic carbocycles. The van der Waals surface area contributed by atoms with Crippen LogP contribution >= 0.6 is 0 Å². The van der Waals surface area contributed by atoms with Gasteiger partial charge in [0.05, 0.1) is 6.54 Å². The zero-order valence-corrected chi connectivity index (χ0v) is 14.4. The number of hydrogen-bond acceptors (Lipinski definition) is 5. The van der Waals surface area contributed by atoms with Gasteiger partial charge in [-0.15, -0.1) is 0 Å². The number of likely N-dealkylation sites (tertiary alicyclic amines) is 1. The molecule has 0 bridgehead atoms. The van der Waals surface area contributed by atoms with Crippen molar-refractivity contribution in [3.8, 4) is 11.4 Å². The maximum absolute atomic E-state index is 12.6. The molecule has 132 valence electrons. The van der Waals surface area contributed by atoms with Gasteiger partial charge < -0.3 is 14.7 Å².